The molecule has 1 heterocycles. The van der Waals surface area contributed by atoms with Crippen LogP contribution in [0.5, 0.6) is 0 Å². The third-order valence-corrected chi connectivity index (χ3v) is 6.89. The van der Waals surface area contributed by atoms with E-state index in [0.717, 1.165) is 49.9 Å². The van der Waals surface area contributed by atoms with Gasteiger partial charge in [0.15, 0.2) is 10.9 Å². The Bertz CT molecular complexity index is 894. The highest BCUT2D eigenvalue weighted by Crippen LogP contribution is 2.34. The standard InChI is InChI=1S/C26H38N4O2S/c1-5-28-25(33)30-14-12-29(13-15-30)11-10-27-18-22-23(31)16-20(17-24(22)32)19-6-8-21(9-7-19)26(2,3)4/h6-9,18,20,31H,5,10-17H2,1-4H3,(H,28,33). The number of ketones is 1. The number of piperazine rings is 1. The van der Waals surface area contributed by atoms with Crippen molar-refractivity contribution in [3.63, 3.8) is 0 Å². The Morgan fingerprint density at radius 3 is 2.42 bits per heavy atom. The quantitative estimate of drug-likeness (QED) is 0.487. The van der Waals surface area contributed by atoms with Crippen LogP contribution in [0.2, 0.25) is 0 Å². The molecule has 0 spiro atoms. The van der Waals surface area contributed by atoms with Crippen LogP contribution in [0.25, 0.3) is 0 Å². The third-order valence-electron chi connectivity index (χ3n) is 6.48. The molecule has 0 aromatic heterocycles. The minimum Gasteiger partial charge on any atom is -0.511 e. The van der Waals surface area contributed by atoms with Crippen molar-refractivity contribution in [3.05, 3.63) is 46.7 Å². The molecule has 2 N–H and O–H groups in total. The zero-order chi connectivity index (χ0) is 24.0. The van der Waals surface area contributed by atoms with Crippen LogP contribution < -0.4 is 5.32 Å². The predicted molar refractivity (Wildman–Crippen MR) is 139 cm³/mol. The van der Waals surface area contributed by atoms with E-state index in [1.807, 2.05) is 0 Å². The summed E-state index contributed by atoms with van der Waals surface area (Å²) in [5.74, 6) is 0.150. The van der Waals surface area contributed by atoms with Crippen molar-refractivity contribution in [1.29, 1.82) is 0 Å². The summed E-state index contributed by atoms with van der Waals surface area (Å²) in [6.45, 7) is 14.6. The largest absolute Gasteiger partial charge is 0.511 e. The van der Waals surface area contributed by atoms with Gasteiger partial charge < -0.3 is 15.3 Å². The van der Waals surface area contributed by atoms with Gasteiger partial charge in [-0.25, -0.2) is 0 Å². The Balaban J connectivity index is 1.49. The number of allylic oxidation sites excluding steroid dienone is 2. The first-order valence-electron chi connectivity index (χ1n) is 12.0. The maximum Gasteiger partial charge on any atom is 0.169 e. The van der Waals surface area contributed by atoms with E-state index in [1.165, 1.54) is 5.56 Å². The van der Waals surface area contributed by atoms with Crippen LogP contribution in [0.3, 0.4) is 0 Å². The van der Waals surface area contributed by atoms with E-state index in [0.29, 0.717) is 25.0 Å². The molecule has 1 fully saturated rings. The maximum atomic E-state index is 12.7. The Morgan fingerprint density at radius 1 is 1.18 bits per heavy atom. The minimum absolute atomic E-state index is 0.0215. The lowest BCUT2D eigenvalue weighted by atomic mass is 9.81. The van der Waals surface area contributed by atoms with E-state index < -0.39 is 0 Å². The molecule has 7 heteroatoms. The molecule has 2 aliphatic rings. The van der Waals surface area contributed by atoms with Gasteiger partial charge in [0.1, 0.15) is 5.76 Å². The molecule has 3 rings (SSSR count). The summed E-state index contributed by atoms with van der Waals surface area (Å²) in [4.78, 5) is 21.7. The number of thiocarbonyl (C=S) groups is 1. The first-order valence-corrected chi connectivity index (χ1v) is 12.4. The SMILES string of the molecule is CCNC(=S)N1CCN(CCN=CC2=C(O)CC(c3ccc(C(C)(C)C)cc3)CC2=O)CC1. The zero-order valence-electron chi connectivity index (χ0n) is 20.4. The number of carbonyl (C=O) groups excluding carboxylic acids is 1. The number of rotatable bonds is 6. The molecule has 0 bridgehead atoms. The summed E-state index contributed by atoms with van der Waals surface area (Å²) in [5.41, 5.74) is 2.84. The fraction of sp³-hybridized carbons (Fsp3) is 0.577. The minimum atomic E-state index is -0.0297. The van der Waals surface area contributed by atoms with Crippen molar-refractivity contribution >= 4 is 29.3 Å². The molecule has 0 saturated carbocycles. The summed E-state index contributed by atoms with van der Waals surface area (Å²) < 4.78 is 0. The van der Waals surface area contributed by atoms with Crippen LogP contribution in [-0.4, -0.2) is 77.8 Å². The molecule has 1 atom stereocenters. The third kappa shape index (κ3) is 6.87. The lowest BCUT2D eigenvalue weighted by Crippen LogP contribution is -2.52. The van der Waals surface area contributed by atoms with Crippen molar-refractivity contribution in [2.75, 3.05) is 45.8 Å². The number of carbonyl (C=O) groups is 1. The van der Waals surface area contributed by atoms with E-state index >= 15 is 0 Å². The van der Waals surface area contributed by atoms with Gasteiger partial charge in [-0.05, 0) is 41.6 Å². The number of nitrogens with zero attached hydrogens (tertiary/aromatic N) is 3. The number of Topliss-reactive ketones (excluding diaryl/α,β-unsaturated/α-hetero) is 1. The maximum absolute atomic E-state index is 12.7. The van der Waals surface area contributed by atoms with Crippen LogP contribution in [0.15, 0.2) is 40.6 Å². The lowest BCUT2D eigenvalue weighted by Gasteiger charge is -2.35. The van der Waals surface area contributed by atoms with Crippen LogP contribution in [0.4, 0.5) is 0 Å². The van der Waals surface area contributed by atoms with E-state index in [2.05, 4.69) is 72.1 Å². The molecule has 1 aliphatic heterocycles. The highest BCUT2D eigenvalue weighted by atomic mass is 32.1. The molecule has 6 nitrogen and oxygen atoms in total. The summed E-state index contributed by atoms with van der Waals surface area (Å²) in [5, 5.41) is 14.6. The van der Waals surface area contributed by atoms with Gasteiger partial charge in [-0.3, -0.25) is 14.7 Å². The highest BCUT2D eigenvalue weighted by molar-refractivity contribution is 7.80. The van der Waals surface area contributed by atoms with Crippen LogP contribution in [-0.2, 0) is 10.2 Å². The van der Waals surface area contributed by atoms with Gasteiger partial charge in [-0.1, -0.05) is 45.0 Å². The van der Waals surface area contributed by atoms with Crippen molar-refractivity contribution in [3.8, 4) is 0 Å². The number of aliphatic hydroxyl groups is 1. The van der Waals surface area contributed by atoms with E-state index in [-0.39, 0.29) is 22.9 Å². The lowest BCUT2D eigenvalue weighted by molar-refractivity contribution is -0.116. The van der Waals surface area contributed by atoms with Crippen LogP contribution in [0, 0.1) is 0 Å². The van der Waals surface area contributed by atoms with Gasteiger partial charge in [0.2, 0.25) is 0 Å². The van der Waals surface area contributed by atoms with Crippen molar-refractivity contribution in [2.45, 2.75) is 51.9 Å². The molecule has 1 aromatic carbocycles. The zero-order valence-corrected chi connectivity index (χ0v) is 21.2. The number of aliphatic imine (C=N–C) groups is 1. The normalized spacial score (nSPS) is 20.5. The Hall–Kier alpha value is -2.25. The highest BCUT2D eigenvalue weighted by Gasteiger charge is 2.28. The predicted octanol–water partition coefficient (Wildman–Crippen LogP) is 3.83. The molecule has 33 heavy (non-hydrogen) atoms. The average Bonchev–Trinajstić information content (AvgIpc) is 2.78. The molecule has 0 radical (unpaired) electrons. The molecule has 1 unspecified atom stereocenters. The Morgan fingerprint density at radius 2 is 1.85 bits per heavy atom. The van der Waals surface area contributed by atoms with Gasteiger partial charge in [-0.15, -0.1) is 0 Å². The summed E-state index contributed by atoms with van der Waals surface area (Å²) >= 11 is 5.38. The number of hydrogen-bond donors (Lipinski definition) is 2. The fourth-order valence-corrected chi connectivity index (χ4v) is 4.67. The Kier molecular flexibility index (Phi) is 8.65. The van der Waals surface area contributed by atoms with Gasteiger partial charge in [0, 0.05) is 58.3 Å². The molecule has 1 saturated heterocycles. The molecule has 1 aliphatic carbocycles. The topological polar surface area (TPSA) is 68.2 Å². The van der Waals surface area contributed by atoms with Crippen LogP contribution in [0.1, 0.15) is 57.6 Å². The van der Waals surface area contributed by atoms with Gasteiger partial charge in [-0.2, -0.15) is 0 Å². The first-order chi connectivity index (χ1) is 15.7. The number of benzene rings is 1. The van der Waals surface area contributed by atoms with Crippen molar-refractivity contribution in [2.24, 2.45) is 4.99 Å². The molecular formula is C26H38N4O2S. The van der Waals surface area contributed by atoms with Crippen molar-refractivity contribution in [1.82, 2.24) is 15.1 Å². The van der Waals surface area contributed by atoms with Crippen molar-refractivity contribution < 1.29 is 9.90 Å². The van der Waals surface area contributed by atoms with Gasteiger partial charge in [0.05, 0.1) is 12.1 Å². The monoisotopic (exact) mass is 470 g/mol. The van der Waals surface area contributed by atoms with Crippen LogP contribution >= 0.6 is 12.2 Å². The van der Waals surface area contributed by atoms with E-state index in [9.17, 15) is 9.90 Å². The smallest absolute Gasteiger partial charge is 0.169 e. The van der Waals surface area contributed by atoms with E-state index in [4.69, 9.17) is 12.2 Å². The summed E-state index contributed by atoms with van der Waals surface area (Å²) in [7, 11) is 0. The molecule has 1 aromatic rings. The fourth-order valence-electron chi connectivity index (χ4n) is 4.34. The second-order valence-corrected chi connectivity index (χ2v) is 10.3. The van der Waals surface area contributed by atoms with Gasteiger partial charge >= 0.3 is 0 Å². The first kappa shape index (κ1) is 25.4. The number of nitrogens with one attached hydrogen (secondary N) is 1. The molecule has 180 valence electrons. The number of hydrogen-bond acceptors (Lipinski definition) is 5. The summed E-state index contributed by atoms with van der Waals surface area (Å²) in [6.07, 6.45) is 2.47. The Labute approximate surface area is 203 Å². The second-order valence-electron chi connectivity index (χ2n) is 9.96. The second kappa shape index (κ2) is 11.3. The number of aliphatic hydroxyl groups excluding tert-OH is 1. The van der Waals surface area contributed by atoms with E-state index in [1.54, 1.807) is 6.21 Å². The average molecular weight is 471 g/mol. The molecule has 0 amide bonds. The van der Waals surface area contributed by atoms with Gasteiger partial charge in [0.25, 0.3) is 0 Å². The summed E-state index contributed by atoms with van der Waals surface area (Å²) in [6, 6.07) is 8.45. The molecular weight excluding hydrogens is 432 g/mol.